The van der Waals surface area contributed by atoms with Crippen LogP contribution < -0.4 is 5.32 Å². The predicted octanol–water partition coefficient (Wildman–Crippen LogP) is 3.07. The van der Waals surface area contributed by atoms with Gasteiger partial charge in [0.05, 0.1) is 6.54 Å². The van der Waals surface area contributed by atoms with Crippen LogP contribution >= 0.6 is 11.3 Å². The third kappa shape index (κ3) is 4.32. The fourth-order valence-electron chi connectivity index (χ4n) is 2.48. The van der Waals surface area contributed by atoms with Gasteiger partial charge in [-0.05, 0) is 25.0 Å². The van der Waals surface area contributed by atoms with E-state index in [1.54, 1.807) is 11.3 Å². The number of nitrogens with zero attached hydrogens (tertiary/aromatic N) is 2. The van der Waals surface area contributed by atoms with Gasteiger partial charge in [-0.25, -0.2) is 4.98 Å². The van der Waals surface area contributed by atoms with Crippen molar-refractivity contribution in [1.82, 2.24) is 9.88 Å². The average Bonchev–Trinajstić information content (AvgIpc) is 3.03. The molecule has 1 aromatic carbocycles. The normalized spacial score (nSPS) is 16.2. The molecular formula is C17H19N3S. The minimum atomic E-state index is 0.550. The molecule has 0 spiro atoms. The highest BCUT2D eigenvalue weighted by atomic mass is 32.1. The number of hydrogen-bond acceptors (Lipinski definition) is 4. The summed E-state index contributed by atoms with van der Waals surface area (Å²) in [5, 5.41) is 6.56. The van der Waals surface area contributed by atoms with Crippen LogP contribution in [0.2, 0.25) is 0 Å². The molecule has 108 valence electrons. The fourth-order valence-corrected chi connectivity index (χ4v) is 3.09. The van der Waals surface area contributed by atoms with E-state index in [1.165, 1.54) is 0 Å². The molecule has 1 N–H and O–H groups in total. The molecule has 0 atom stereocenters. The summed E-state index contributed by atoms with van der Waals surface area (Å²) in [6.45, 7) is 3.07. The van der Waals surface area contributed by atoms with Gasteiger partial charge >= 0.3 is 0 Å². The van der Waals surface area contributed by atoms with Crippen molar-refractivity contribution in [1.29, 1.82) is 0 Å². The quantitative estimate of drug-likeness (QED) is 0.883. The summed E-state index contributed by atoms with van der Waals surface area (Å²) in [5.74, 6) is 6.50. The highest BCUT2D eigenvalue weighted by molar-refractivity contribution is 7.13. The number of likely N-dealkylation sites (tertiary alicyclic amines) is 1. The number of thiazole rings is 1. The first-order chi connectivity index (χ1) is 10.4. The van der Waals surface area contributed by atoms with Gasteiger partial charge in [0.2, 0.25) is 0 Å². The summed E-state index contributed by atoms with van der Waals surface area (Å²) in [4.78, 5) is 6.71. The van der Waals surface area contributed by atoms with E-state index in [1.807, 2.05) is 29.8 Å². The summed E-state index contributed by atoms with van der Waals surface area (Å²) in [6.07, 6.45) is 4.17. The molecule has 0 saturated carbocycles. The molecule has 0 bridgehead atoms. The molecule has 2 heterocycles. The number of benzene rings is 1. The number of piperidine rings is 1. The summed E-state index contributed by atoms with van der Waals surface area (Å²) in [6, 6.07) is 10.7. The highest BCUT2D eigenvalue weighted by Gasteiger charge is 2.18. The van der Waals surface area contributed by atoms with Crippen LogP contribution in [0.25, 0.3) is 0 Å². The number of anilines is 1. The minimum Gasteiger partial charge on any atom is -0.359 e. The zero-order valence-electron chi connectivity index (χ0n) is 12.0. The lowest BCUT2D eigenvalue weighted by Crippen LogP contribution is -2.39. The van der Waals surface area contributed by atoms with Gasteiger partial charge in [0.15, 0.2) is 5.13 Å². The van der Waals surface area contributed by atoms with Crippen molar-refractivity contribution in [2.24, 2.45) is 0 Å². The fraction of sp³-hybridized carbons (Fsp3) is 0.353. The number of nitrogens with one attached hydrogen (secondary N) is 1. The summed E-state index contributed by atoms with van der Waals surface area (Å²) in [7, 11) is 0. The largest absolute Gasteiger partial charge is 0.359 e. The molecule has 3 nitrogen and oxygen atoms in total. The van der Waals surface area contributed by atoms with Crippen LogP contribution in [0, 0.1) is 11.8 Å². The Morgan fingerprint density at radius 3 is 2.76 bits per heavy atom. The zero-order chi connectivity index (χ0) is 14.3. The minimum absolute atomic E-state index is 0.550. The van der Waals surface area contributed by atoms with Crippen LogP contribution in [0.3, 0.4) is 0 Å². The van der Waals surface area contributed by atoms with Crippen molar-refractivity contribution in [3.05, 3.63) is 47.5 Å². The van der Waals surface area contributed by atoms with Gasteiger partial charge in [0, 0.05) is 36.3 Å². The number of rotatable bonds is 3. The van der Waals surface area contributed by atoms with E-state index in [0.717, 1.165) is 43.2 Å². The Kier molecular flexibility index (Phi) is 4.88. The monoisotopic (exact) mass is 297 g/mol. The Labute approximate surface area is 130 Å². The first-order valence-electron chi connectivity index (χ1n) is 7.32. The maximum absolute atomic E-state index is 4.28. The van der Waals surface area contributed by atoms with Gasteiger partial charge in [-0.3, -0.25) is 4.90 Å². The van der Waals surface area contributed by atoms with Gasteiger partial charge in [-0.15, -0.1) is 11.3 Å². The van der Waals surface area contributed by atoms with Crippen molar-refractivity contribution < 1.29 is 0 Å². The second kappa shape index (κ2) is 7.26. The van der Waals surface area contributed by atoms with E-state index < -0.39 is 0 Å². The Hall–Kier alpha value is -1.83. The average molecular weight is 297 g/mol. The van der Waals surface area contributed by atoms with Crippen LogP contribution in [-0.2, 0) is 0 Å². The van der Waals surface area contributed by atoms with Gasteiger partial charge in [0.1, 0.15) is 0 Å². The molecule has 0 amide bonds. The van der Waals surface area contributed by atoms with Crippen LogP contribution in [0.1, 0.15) is 18.4 Å². The van der Waals surface area contributed by atoms with Crippen molar-refractivity contribution in [3.63, 3.8) is 0 Å². The predicted molar refractivity (Wildman–Crippen MR) is 88.5 cm³/mol. The van der Waals surface area contributed by atoms with Crippen molar-refractivity contribution >= 4 is 16.5 Å². The lowest BCUT2D eigenvalue weighted by Gasteiger charge is -2.30. The van der Waals surface area contributed by atoms with E-state index in [9.17, 15) is 0 Å². The number of hydrogen-bond donors (Lipinski definition) is 1. The summed E-state index contributed by atoms with van der Waals surface area (Å²) in [5.41, 5.74) is 1.10. The Bertz CT molecular complexity index is 590. The second-order valence-electron chi connectivity index (χ2n) is 5.20. The number of aromatic nitrogens is 1. The van der Waals surface area contributed by atoms with Crippen LogP contribution in [0.15, 0.2) is 41.9 Å². The second-order valence-corrected chi connectivity index (χ2v) is 6.09. The zero-order valence-corrected chi connectivity index (χ0v) is 12.8. The molecule has 1 aliphatic heterocycles. The van der Waals surface area contributed by atoms with Crippen molar-refractivity contribution in [2.45, 2.75) is 18.9 Å². The first-order valence-corrected chi connectivity index (χ1v) is 8.20. The van der Waals surface area contributed by atoms with Crippen LogP contribution in [0.5, 0.6) is 0 Å². The summed E-state index contributed by atoms with van der Waals surface area (Å²) >= 11 is 1.67. The van der Waals surface area contributed by atoms with Gasteiger partial charge in [-0.1, -0.05) is 30.0 Å². The van der Waals surface area contributed by atoms with Gasteiger partial charge in [0.25, 0.3) is 0 Å². The SMILES string of the molecule is C(#Cc1ccccc1)CN1CCC(Nc2nccs2)CC1. The molecule has 21 heavy (non-hydrogen) atoms. The van der Waals surface area contributed by atoms with Gasteiger partial charge in [-0.2, -0.15) is 0 Å². The third-order valence-electron chi connectivity index (χ3n) is 3.66. The van der Waals surface area contributed by atoms with E-state index in [0.29, 0.717) is 6.04 Å². The molecule has 0 radical (unpaired) electrons. The maximum atomic E-state index is 4.28. The van der Waals surface area contributed by atoms with E-state index in [2.05, 4.69) is 39.2 Å². The molecule has 1 fully saturated rings. The standard InChI is InChI=1S/C17H19N3S/c1-2-5-15(6-3-1)7-4-11-20-12-8-16(9-13-20)19-17-18-10-14-21-17/h1-3,5-6,10,14,16H,8-9,11-13H2,(H,18,19). The molecule has 2 aromatic rings. The van der Waals surface area contributed by atoms with Crippen LogP contribution in [-0.4, -0.2) is 35.6 Å². The molecular weight excluding hydrogens is 278 g/mol. The lowest BCUT2D eigenvalue weighted by molar-refractivity contribution is 0.243. The molecule has 3 rings (SSSR count). The molecule has 1 aliphatic rings. The first kappa shape index (κ1) is 14.1. The Morgan fingerprint density at radius 1 is 1.24 bits per heavy atom. The Balaban J connectivity index is 1.43. The van der Waals surface area contributed by atoms with Gasteiger partial charge < -0.3 is 5.32 Å². The molecule has 0 aliphatic carbocycles. The molecule has 1 aromatic heterocycles. The topological polar surface area (TPSA) is 28.2 Å². The molecule has 4 heteroatoms. The Morgan fingerprint density at radius 2 is 2.05 bits per heavy atom. The van der Waals surface area contributed by atoms with Crippen molar-refractivity contribution in [3.8, 4) is 11.8 Å². The summed E-state index contributed by atoms with van der Waals surface area (Å²) < 4.78 is 0. The maximum Gasteiger partial charge on any atom is 0.182 e. The molecule has 1 saturated heterocycles. The van der Waals surface area contributed by atoms with Crippen LogP contribution in [0.4, 0.5) is 5.13 Å². The smallest absolute Gasteiger partial charge is 0.182 e. The van der Waals surface area contributed by atoms with E-state index in [4.69, 9.17) is 0 Å². The highest BCUT2D eigenvalue weighted by Crippen LogP contribution is 2.17. The lowest BCUT2D eigenvalue weighted by atomic mass is 10.1. The van der Waals surface area contributed by atoms with Crippen molar-refractivity contribution in [2.75, 3.05) is 25.0 Å². The van der Waals surface area contributed by atoms with E-state index >= 15 is 0 Å². The molecule has 0 unspecified atom stereocenters. The van der Waals surface area contributed by atoms with E-state index in [-0.39, 0.29) is 0 Å². The third-order valence-corrected chi connectivity index (χ3v) is 4.36.